The summed E-state index contributed by atoms with van der Waals surface area (Å²) in [5.74, 6) is 0.977. The number of alkyl halides is 3. The number of hydrogen-bond donors (Lipinski definition) is 1. The lowest BCUT2D eigenvalue weighted by molar-refractivity contribution is -0.137. The fourth-order valence-corrected chi connectivity index (χ4v) is 3.54. The normalized spacial score (nSPS) is 11.9. The Kier molecular flexibility index (Phi) is 4.85. The van der Waals surface area contributed by atoms with Crippen LogP contribution in [0.4, 0.5) is 13.2 Å². The number of carbonyl (C=O) groups is 1. The molecule has 5 aromatic rings. The number of halogens is 3. The minimum Gasteiger partial charge on any atom is -0.460 e. The molecule has 0 saturated heterocycles. The Morgan fingerprint density at radius 1 is 1.09 bits per heavy atom. The summed E-state index contributed by atoms with van der Waals surface area (Å²) in [7, 11) is 0. The summed E-state index contributed by atoms with van der Waals surface area (Å²) in [4.78, 5) is 17.7. The molecule has 0 radical (unpaired) electrons. The maximum atomic E-state index is 13.1. The number of nitrogens with one attached hydrogen (secondary N) is 1. The predicted octanol–water partition coefficient (Wildman–Crippen LogP) is 4.79. The molecule has 10 heteroatoms. The second-order valence-electron chi connectivity index (χ2n) is 7.43. The number of aryl methyl sites for hydroxylation is 1. The van der Waals surface area contributed by atoms with Gasteiger partial charge in [-0.1, -0.05) is 18.2 Å². The first-order chi connectivity index (χ1) is 15.8. The van der Waals surface area contributed by atoms with E-state index in [1.807, 2.05) is 13.0 Å². The number of hydrogen-bond acceptors (Lipinski definition) is 5. The average molecular weight is 451 g/mol. The molecule has 0 aliphatic heterocycles. The molecule has 33 heavy (non-hydrogen) atoms. The number of benzene rings is 1. The van der Waals surface area contributed by atoms with Gasteiger partial charge in [0.1, 0.15) is 11.5 Å². The highest BCUT2D eigenvalue weighted by Gasteiger charge is 2.31. The second-order valence-corrected chi connectivity index (χ2v) is 7.43. The van der Waals surface area contributed by atoms with Crippen LogP contribution in [0.5, 0.6) is 0 Å². The number of fused-ring (bicyclic) bond motifs is 2. The van der Waals surface area contributed by atoms with E-state index < -0.39 is 17.6 Å². The summed E-state index contributed by atoms with van der Waals surface area (Å²) in [5.41, 5.74) is 0.874. The standard InChI is InChI=1S/C23H16F3N5O2/c1-13-6-8-19(33-13)18-10-16(15-4-2-3-5-17(15)28-18)22(32)27-11-21-30-29-20-9-7-14(12-31(20)21)23(24,25)26/h2-10,12H,11H2,1H3,(H,27,32). The Balaban J connectivity index is 1.47. The number of aromatic nitrogens is 4. The molecule has 166 valence electrons. The fourth-order valence-electron chi connectivity index (χ4n) is 3.54. The molecule has 0 aliphatic rings. The van der Waals surface area contributed by atoms with E-state index >= 15 is 0 Å². The minimum absolute atomic E-state index is 0.118. The van der Waals surface area contributed by atoms with Gasteiger partial charge in [-0.3, -0.25) is 9.20 Å². The van der Waals surface area contributed by atoms with Gasteiger partial charge < -0.3 is 9.73 Å². The van der Waals surface area contributed by atoms with Crippen molar-refractivity contribution in [3.8, 4) is 11.5 Å². The number of rotatable bonds is 4. The molecule has 1 amide bonds. The zero-order valence-corrected chi connectivity index (χ0v) is 17.2. The van der Waals surface area contributed by atoms with Crippen molar-refractivity contribution in [3.63, 3.8) is 0 Å². The van der Waals surface area contributed by atoms with Crippen LogP contribution >= 0.6 is 0 Å². The minimum atomic E-state index is -4.50. The quantitative estimate of drug-likeness (QED) is 0.425. The van der Waals surface area contributed by atoms with Crippen molar-refractivity contribution in [1.29, 1.82) is 0 Å². The molecule has 0 aliphatic carbocycles. The van der Waals surface area contributed by atoms with Gasteiger partial charge in [-0.05, 0) is 43.3 Å². The molecule has 1 N–H and O–H groups in total. The molecular formula is C23H16F3N5O2. The van der Waals surface area contributed by atoms with Crippen molar-refractivity contribution >= 4 is 22.5 Å². The Bertz CT molecular complexity index is 1500. The van der Waals surface area contributed by atoms with Crippen molar-refractivity contribution in [2.75, 3.05) is 0 Å². The maximum absolute atomic E-state index is 13.1. The molecule has 0 saturated carbocycles. The van der Waals surface area contributed by atoms with Gasteiger partial charge in [0.05, 0.1) is 23.2 Å². The number of carbonyl (C=O) groups excluding carboxylic acids is 1. The molecule has 0 bridgehead atoms. The summed E-state index contributed by atoms with van der Waals surface area (Å²) < 4.78 is 46.1. The van der Waals surface area contributed by atoms with E-state index in [0.717, 1.165) is 12.3 Å². The Morgan fingerprint density at radius 2 is 1.91 bits per heavy atom. The van der Waals surface area contributed by atoms with E-state index in [9.17, 15) is 18.0 Å². The highest BCUT2D eigenvalue weighted by molar-refractivity contribution is 6.07. The van der Waals surface area contributed by atoms with Crippen LogP contribution in [-0.2, 0) is 12.7 Å². The SMILES string of the molecule is Cc1ccc(-c2cc(C(=O)NCc3nnc4ccc(C(F)(F)F)cn34)c3ccccc3n2)o1. The van der Waals surface area contributed by atoms with Gasteiger partial charge >= 0.3 is 6.18 Å². The fraction of sp³-hybridized carbons (Fsp3) is 0.130. The van der Waals surface area contributed by atoms with Gasteiger partial charge in [0.15, 0.2) is 17.2 Å². The zero-order chi connectivity index (χ0) is 23.2. The summed E-state index contributed by atoms with van der Waals surface area (Å²) in [6.45, 7) is 1.69. The van der Waals surface area contributed by atoms with E-state index in [1.165, 1.54) is 10.5 Å². The molecular weight excluding hydrogens is 435 g/mol. The summed E-state index contributed by atoms with van der Waals surface area (Å²) >= 11 is 0. The molecule has 7 nitrogen and oxygen atoms in total. The molecule has 0 atom stereocenters. The number of nitrogens with zero attached hydrogens (tertiary/aromatic N) is 4. The van der Waals surface area contributed by atoms with Gasteiger partial charge in [0.2, 0.25) is 0 Å². The third kappa shape index (κ3) is 3.91. The van der Waals surface area contributed by atoms with E-state index in [2.05, 4.69) is 20.5 Å². The summed E-state index contributed by atoms with van der Waals surface area (Å²) in [6, 6.07) is 14.5. The number of amides is 1. The van der Waals surface area contributed by atoms with Crippen LogP contribution in [0.2, 0.25) is 0 Å². The van der Waals surface area contributed by atoms with Crippen molar-refractivity contribution in [2.45, 2.75) is 19.6 Å². The summed E-state index contributed by atoms with van der Waals surface area (Å²) in [6.07, 6.45) is -3.59. The monoisotopic (exact) mass is 451 g/mol. The first kappa shape index (κ1) is 20.7. The molecule has 4 aromatic heterocycles. The van der Waals surface area contributed by atoms with Gasteiger partial charge in [-0.15, -0.1) is 10.2 Å². The Morgan fingerprint density at radius 3 is 2.67 bits per heavy atom. The van der Waals surface area contributed by atoms with Gasteiger partial charge in [0.25, 0.3) is 5.91 Å². The largest absolute Gasteiger partial charge is 0.460 e. The van der Waals surface area contributed by atoms with E-state index in [1.54, 1.807) is 36.4 Å². The van der Waals surface area contributed by atoms with E-state index in [0.29, 0.717) is 33.7 Å². The maximum Gasteiger partial charge on any atom is 0.417 e. The predicted molar refractivity (Wildman–Crippen MR) is 113 cm³/mol. The zero-order valence-electron chi connectivity index (χ0n) is 17.2. The van der Waals surface area contributed by atoms with Crippen LogP contribution in [0.15, 0.2) is 65.2 Å². The van der Waals surface area contributed by atoms with E-state index in [-0.39, 0.29) is 18.0 Å². The molecule has 1 aromatic carbocycles. The summed E-state index contributed by atoms with van der Waals surface area (Å²) in [5, 5.41) is 11.1. The Hall–Kier alpha value is -4.21. The lowest BCUT2D eigenvalue weighted by Gasteiger charge is -2.10. The first-order valence-corrected chi connectivity index (χ1v) is 9.95. The van der Waals surface area contributed by atoms with Gasteiger partial charge in [-0.2, -0.15) is 13.2 Å². The second kappa shape index (κ2) is 7.73. The molecule has 0 fully saturated rings. The Labute approximate surface area is 184 Å². The number of furan rings is 1. The highest BCUT2D eigenvalue weighted by atomic mass is 19.4. The van der Waals surface area contributed by atoms with Crippen molar-refractivity contribution in [1.82, 2.24) is 24.9 Å². The van der Waals surface area contributed by atoms with Crippen LogP contribution < -0.4 is 5.32 Å². The molecule has 5 rings (SSSR count). The highest BCUT2D eigenvalue weighted by Crippen LogP contribution is 2.29. The van der Waals surface area contributed by atoms with Crippen LogP contribution in [0.25, 0.3) is 28.0 Å². The van der Waals surface area contributed by atoms with Crippen molar-refractivity contribution in [3.05, 3.63) is 83.5 Å². The molecule has 0 spiro atoms. The topological polar surface area (TPSA) is 85.3 Å². The number of pyridine rings is 2. The average Bonchev–Trinajstić information content (AvgIpc) is 3.41. The van der Waals surface area contributed by atoms with Gasteiger partial charge in [0, 0.05) is 11.6 Å². The van der Waals surface area contributed by atoms with E-state index in [4.69, 9.17) is 4.42 Å². The van der Waals surface area contributed by atoms with Crippen LogP contribution in [0.3, 0.4) is 0 Å². The van der Waals surface area contributed by atoms with Crippen molar-refractivity contribution in [2.24, 2.45) is 0 Å². The first-order valence-electron chi connectivity index (χ1n) is 9.95. The third-order valence-electron chi connectivity index (χ3n) is 5.16. The number of para-hydroxylation sites is 1. The lowest BCUT2D eigenvalue weighted by atomic mass is 10.1. The van der Waals surface area contributed by atoms with Crippen LogP contribution in [0, 0.1) is 6.92 Å². The molecule has 4 heterocycles. The lowest BCUT2D eigenvalue weighted by Crippen LogP contribution is -2.24. The van der Waals surface area contributed by atoms with Crippen molar-refractivity contribution < 1.29 is 22.4 Å². The third-order valence-corrected chi connectivity index (χ3v) is 5.16. The van der Waals surface area contributed by atoms with Crippen LogP contribution in [-0.4, -0.2) is 25.5 Å². The smallest absolute Gasteiger partial charge is 0.417 e. The van der Waals surface area contributed by atoms with Gasteiger partial charge in [-0.25, -0.2) is 4.98 Å². The van der Waals surface area contributed by atoms with Crippen LogP contribution in [0.1, 0.15) is 27.5 Å². The molecule has 0 unspecified atom stereocenters.